The zero-order valence-corrected chi connectivity index (χ0v) is 14.3. The van der Waals surface area contributed by atoms with E-state index in [0.29, 0.717) is 19.2 Å². The maximum atomic E-state index is 11.2. The molecule has 0 saturated heterocycles. The zero-order valence-electron chi connectivity index (χ0n) is 13.5. The third kappa shape index (κ3) is 3.66. The van der Waals surface area contributed by atoms with E-state index in [1.54, 1.807) is 0 Å². The first-order valence-electron chi connectivity index (χ1n) is 7.91. The summed E-state index contributed by atoms with van der Waals surface area (Å²) < 4.78 is 28.3. The number of benzene rings is 2. The van der Waals surface area contributed by atoms with Crippen LogP contribution < -0.4 is 4.74 Å². The summed E-state index contributed by atoms with van der Waals surface area (Å²) >= 11 is -1.87. The van der Waals surface area contributed by atoms with Gasteiger partial charge in [-0.2, -0.15) is 4.98 Å². The third-order valence-electron chi connectivity index (χ3n) is 3.78. The van der Waals surface area contributed by atoms with Gasteiger partial charge < -0.3 is 9.29 Å². The van der Waals surface area contributed by atoms with Crippen LogP contribution in [0.4, 0.5) is 0 Å². The van der Waals surface area contributed by atoms with Crippen LogP contribution in [-0.4, -0.2) is 24.9 Å². The van der Waals surface area contributed by atoms with Gasteiger partial charge in [-0.25, -0.2) is 4.21 Å². The molecule has 0 bridgehead atoms. The molecule has 0 fully saturated rings. The lowest BCUT2D eigenvalue weighted by molar-refractivity contribution is 0.282. The second kappa shape index (κ2) is 7.59. The van der Waals surface area contributed by atoms with Gasteiger partial charge in [-0.3, -0.25) is 4.57 Å². The van der Waals surface area contributed by atoms with Gasteiger partial charge in [0, 0.05) is 0 Å². The summed E-state index contributed by atoms with van der Waals surface area (Å²) in [7, 11) is 0. The molecular weight excluding hydrogens is 324 g/mol. The molecule has 126 valence electrons. The molecule has 0 aliphatic carbocycles. The monoisotopic (exact) mass is 344 g/mol. The SMILES string of the molecule is CCCOc1nc2ccccc2n1Cc1ccccc1CS(=O)O. The van der Waals surface area contributed by atoms with Crippen molar-refractivity contribution in [3.8, 4) is 6.01 Å². The number of nitrogens with zero attached hydrogens (tertiary/aromatic N) is 2. The Labute approximate surface area is 143 Å². The van der Waals surface area contributed by atoms with Gasteiger partial charge >= 0.3 is 0 Å². The normalized spacial score (nSPS) is 12.4. The Morgan fingerprint density at radius 2 is 1.83 bits per heavy atom. The minimum atomic E-state index is -1.87. The van der Waals surface area contributed by atoms with Crippen LogP contribution in [-0.2, 0) is 23.4 Å². The van der Waals surface area contributed by atoms with E-state index in [1.165, 1.54) is 0 Å². The molecule has 0 radical (unpaired) electrons. The number of imidazole rings is 1. The second-order valence-corrected chi connectivity index (χ2v) is 6.48. The molecular formula is C18H20N2O3S. The fourth-order valence-electron chi connectivity index (χ4n) is 2.67. The number of para-hydroxylation sites is 2. The van der Waals surface area contributed by atoms with Crippen molar-refractivity contribution in [2.45, 2.75) is 25.6 Å². The van der Waals surface area contributed by atoms with Crippen molar-refractivity contribution >= 4 is 22.1 Å². The van der Waals surface area contributed by atoms with Crippen molar-refractivity contribution in [2.75, 3.05) is 6.61 Å². The highest BCUT2D eigenvalue weighted by Gasteiger charge is 2.14. The highest BCUT2D eigenvalue weighted by molar-refractivity contribution is 7.78. The smallest absolute Gasteiger partial charge is 0.297 e. The van der Waals surface area contributed by atoms with E-state index in [9.17, 15) is 8.76 Å². The zero-order chi connectivity index (χ0) is 16.9. The Morgan fingerprint density at radius 1 is 1.12 bits per heavy atom. The Hall–Kier alpha value is -2.18. The Balaban J connectivity index is 2.01. The first-order valence-corrected chi connectivity index (χ1v) is 9.19. The van der Waals surface area contributed by atoms with E-state index in [-0.39, 0.29) is 5.75 Å². The molecule has 24 heavy (non-hydrogen) atoms. The first kappa shape index (κ1) is 16.7. The molecule has 1 aromatic heterocycles. The standard InChI is InChI=1S/C18H20N2O3S/c1-2-11-23-18-19-16-9-5-6-10-17(16)20(18)12-14-7-3-4-8-15(14)13-24(21)22/h3-10H,2,11-13H2,1H3,(H,21,22). The van der Waals surface area contributed by atoms with Crippen LogP contribution in [0.3, 0.4) is 0 Å². The average Bonchev–Trinajstić information content (AvgIpc) is 2.92. The number of aromatic nitrogens is 2. The molecule has 1 N–H and O–H groups in total. The van der Waals surface area contributed by atoms with Crippen molar-refractivity contribution in [2.24, 2.45) is 0 Å². The van der Waals surface area contributed by atoms with Gasteiger partial charge in [-0.15, -0.1) is 0 Å². The highest BCUT2D eigenvalue weighted by Crippen LogP contribution is 2.24. The lowest BCUT2D eigenvalue weighted by Crippen LogP contribution is -2.08. The van der Waals surface area contributed by atoms with Crippen LogP contribution in [0.15, 0.2) is 48.5 Å². The fourth-order valence-corrected chi connectivity index (χ4v) is 3.21. The fraction of sp³-hybridized carbons (Fsp3) is 0.278. The summed E-state index contributed by atoms with van der Waals surface area (Å²) in [6.45, 7) is 3.21. The molecule has 5 nitrogen and oxygen atoms in total. The molecule has 0 spiro atoms. The minimum absolute atomic E-state index is 0.119. The first-order chi connectivity index (χ1) is 11.7. The van der Waals surface area contributed by atoms with E-state index in [0.717, 1.165) is 28.6 Å². The maximum absolute atomic E-state index is 11.2. The molecule has 0 aliphatic heterocycles. The average molecular weight is 344 g/mol. The predicted molar refractivity (Wildman–Crippen MR) is 95.5 cm³/mol. The Bertz CT molecular complexity index is 860. The summed E-state index contributed by atoms with van der Waals surface area (Å²) in [5.74, 6) is 0.119. The molecule has 1 atom stereocenters. The molecule has 3 aromatic rings. The van der Waals surface area contributed by atoms with Gasteiger partial charge in [0.05, 0.1) is 29.9 Å². The third-order valence-corrected chi connectivity index (χ3v) is 4.34. The number of rotatable bonds is 7. The summed E-state index contributed by atoms with van der Waals surface area (Å²) in [6, 6.07) is 16.1. The highest BCUT2D eigenvalue weighted by atomic mass is 32.2. The van der Waals surface area contributed by atoms with Crippen LogP contribution in [0.2, 0.25) is 0 Å². The van der Waals surface area contributed by atoms with Crippen molar-refractivity contribution in [1.82, 2.24) is 9.55 Å². The molecule has 3 rings (SSSR count). The van der Waals surface area contributed by atoms with Crippen LogP contribution >= 0.6 is 0 Å². The van der Waals surface area contributed by atoms with Crippen molar-refractivity contribution < 1.29 is 13.5 Å². The summed E-state index contributed by atoms with van der Waals surface area (Å²) in [6.07, 6.45) is 0.906. The van der Waals surface area contributed by atoms with Crippen LogP contribution in [0, 0.1) is 0 Å². The van der Waals surface area contributed by atoms with Crippen molar-refractivity contribution in [3.63, 3.8) is 0 Å². The van der Waals surface area contributed by atoms with Gasteiger partial charge in [0.25, 0.3) is 6.01 Å². The molecule has 6 heteroatoms. The van der Waals surface area contributed by atoms with E-state index in [4.69, 9.17) is 4.74 Å². The topological polar surface area (TPSA) is 64.4 Å². The minimum Gasteiger partial charge on any atom is -0.465 e. The molecule has 1 heterocycles. The molecule has 1 unspecified atom stereocenters. The van der Waals surface area contributed by atoms with Gasteiger partial charge in [-0.1, -0.05) is 43.3 Å². The predicted octanol–water partition coefficient (Wildman–Crippen LogP) is 3.60. The summed E-state index contributed by atoms with van der Waals surface area (Å²) in [5.41, 5.74) is 3.72. The van der Waals surface area contributed by atoms with Gasteiger partial charge in [0.15, 0.2) is 11.1 Å². The van der Waals surface area contributed by atoms with E-state index in [2.05, 4.69) is 11.9 Å². The molecule has 0 aliphatic rings. The maximum Gasteiger partial charge on any atom is 0.297 e. The van der Waals surface area contributed by atoms with E-state index in [1.807, 2.05) is 53.1 Å². The number of ether oxygens (including phenoxy) is 1. The Morgan fingerprint density at radius 3 is 2.58 bits per heavy atom. The molecule has 2 aromatic carbocycles. The Kier molecular flexibility index (Phi) is 5.27. The second-order valence-electron chi connectivity index (χ2n) is 5.55. The van der Waals surface area contributed by atoms with E-state index < -0.39 is 11.1 Å². The van der Waals surface area contributed by atoms with E-state index >= 15 is 0 Å². The van der Waals surface area contributed by atoms with Crippen LogP contribution in [0.1, 0.15) is 24.5 Å². The van der Waals surface area contributed by atoms with Gasteiger partial charge in [0.2, 0.25) is 0 Å². The summed E-state index contributed by atoms with van der Waals surface area (Å²) in [4.78, 5) is 4.57. The largest absolute Gasteiger partial charge is 0.465 e. The quantitative estimate of drug-likeness (QED) is 0.665. The van der Waals surface area contributed by atoms with Gasteiger partial charge in [0.1, 0.15) is 0 Å². The lowest BCUT2D eigenvalue weighted by Gasteiger charge is -2.12. The molecule has 0 saturated carbocycles. The van der Waals surface area contributed by atoms with Gasteiger partial charge in [-0.05, 0) is 29.7 Å². The lowest BCUT2D eigenvalue weighted by atomic mass is 10.1. The van der Waals surface area contributed by atoms with Crippen LogP contribution in [0.5, 0.6) is 6.01 Å². The van der Waals surface area contributed by atoms with Crippen LogP contribution in [0.25, 0.3) is 11.0 Å². The molecule has 0 amide bonds. The summed E-state index contributed by atoms with van der Waals surface area (Å²) in [5, 5.41) is 0. The van der Waals surface area contributed by atoms with Crippen molar-refractivity contribution in [3.05, 3.63) is 59.7 Å². The number of hydrogen-bond donors (Lipinski definition) is 1. The number of fused-ring (bicyclic) bond motifs is 1. The number of hydrogen-bond acceptors (Lipinski definition) is 3. The van der Waals surface area contributed by atoms with Crippen molar-refractivity contribution in [1.29, 1.82) is 0 Å².